The zero-order chi connectivity index (χ0) is 21.0. The molecule has 3 rings (SSSR count). The van der Waals surface area contributed by atoms with Crippen molar-refractivity contribution in [3.63, 3.8) is 0 Å². The van der Waals surface area contributed by atoms with Gasteiger partial charge in [0.2, 0.25) is 0 Å². The number of ether oxygens (including phenoxy) is 3. The predicted molar refractivity (Wildman–Crippen MR) is 103 cm³/mol. The second-order valence-electron chi connectivity index (χ2n) is 6.35. The van der Waals surface area contributed by atoms with Gasteiger partial charge in [-0.3, -0.25) is 4.79 Å². The molecular formula is C22H20FNO5. The third-order valence-corrected chi connectivity index (χ3v) is 4.65. The fraction of sp³-hybridized carbons (Fsp3) is 0.273. The van der Waals surface area contributed by atoms with Crippen molar-refractivity contribution in [1.29, 1.82) is 0 Å². The maximum absolute atomic E-state index is 13.4. The average Bonchev–Trinajstić information content (AvgIpc) is 2.70. The molecule has 1 aliphatic rings. The minimum Gasteiger partial charge on any atom is -0.493 e. The van der Waals surface area contributed by atoms with Crippen LogP contribution in [0.5, 0.6) is 11.5 Å². The van der Waals surface area contributed by atoms with Crippen molar-refractivity contribution in [1.82, 2.24) is 4.90 Å². The number of methoxy groups -OCH3 is 3. The number of carbonyl (C=O) groups is 2. The van der Waals surface area contributed by atoms with Crippen LogP contribution < -0.4 is 9.47 Å². The van der Waals surface area contributed by atoms with Gasteiger partial charge < -0.3 is 19.1 Å². The summed E-state index contributed by atoms with van der Waals surface area (Å²) in [6.45, 7) is 0.456. The van der Waals surface area contributed by atoms with E-state index in [2.05, 4.69) is 11.8 Å². The van der Waals surface area contributed by atoms with Gasteiger partial charge in [0.15, 0.2) is 11.5 Å². The van der Waals surface area contributed by atoms with Crippen molar-refractivity contribution in [2.75, 3.05) is 27.9 Å². The molecule has 2 aromatic carbocycles. The number of hydrogen-bond donors (Lipinski definition) is 0. The van der Waals surface area contributed by atoms with Gasteiger partial charge in [-0.05, 0) is 36.8 Å². The van der Waals surface area contributed by atoms with Gasteiger partial charge in [-0.2, -0.15) is 0 Å². The molecule has 0 aliphatic carbocycles. The summed E-state index contributed by atoms with van der Waals surface area (Å²) >= 11 is 0. The lowest BCUT2D eigenvalue weighted by Crippen LogP contribution is -2.55. The highest BCUT2D eigenvalue weighted by atomic mass is 19.1. The van der Waals surface area contributed by atoms with Gasteiger partial charge in [0.05, 0.1) is 26.9 Å². The smallest absolute Gasteiger partial charge is 0.328 e. The van der Waals surface area contributed by atoms with E-state index in [0.29, 0.717) is 41.2 Å². The molecule has 0 spiro atoms. The van der Waals surface area contributed by atoms with Crippen LogP contribution in [0, 0.1) is 17.7 Å². The molecule has 0 bridgehead atoms. The second-order valence-corrected chi connectivity index (χ2v) is 6.35. The number of likely N-dealkylation sites (tertiary alicyclic amines) is 1. The lowest BCUT2D eigenvalue weighted by atomic mass is 10.00. The Balaban J connectivity index is 1.99. The van der Waals surface area contributed by atoms with E-state index in [0.717, 1.165) is 0 Å². The van der Waals surface area contributed by atoms with Gasteiger partial charge in [-0.1, -0.05) is 17.9 Å². The number of hydrogen-bond acceptors (Lipinski definition) is 5. The van der Waals surface area contributed by atoms with Crippen LogP contribution in [0.15, 0.2) is 36.4 Å². The van der Waals surface area contributed by atoms with E-state index in [9.17, 15) is 14.0 Å². The Labute approximate surface area is 168 Å². The van der Waals surface area contributed by atoms with Crippen LogP contribution in [0.1, 0.15) is 27.9 Å². The molecule has 1 atom stereocenters. The van der Waals surface area contributed by atoms with Crippen molar-refractivity contribution < 1.29 is 28.2 Å². The second kappa shape index (κ2) is 8.65. The van der Waals surface area contributed by atoms with Crippen LogP contribution in [0.3, 0.4) is 0 Å². The van der Waals surface area contributed by atoms with Crippen LogP contribution in [0.25, 0.3) is 0 Å². The highest BCUT2D eigenvalue weighted by Crippen LogP contribution is 2.33. The topological polar surface area (TPSA) is 65.1 Å². The lowest BCUT2D eigenvalue weighted by Gasteiger charge is -2.38. The van der Waals surface area contributed by atoms with Crippen LogP contribution in [-0.2, 0) is 9.53 Å². The van der Waals surface area contributed by atoms with Crippen molar-refractivity contribution >= 4 is 11.9 Å². The van der Waals surface area contributed by atoms with E-state index < -0.39 is 17.8 Å². The Bertz CT molecular complexity index is 1010. The number of halogens is 1. The summed E-state index contributed by atoms with van der Waals surface area (Å²) in [7, 11) is 4.21. The molecule has 7 heteroatoms. The lowest BCUT2D eigenvalue weighted by molar-refractivity contribution is -0.149. The van der Waals surface area contributed by atoms with Crippen molar-refractivity contribution in [3.05, 3.63) is 58.9 Å². The van der Waals surface area contributed by atoms with Gasteiger partial charge in [0, 0.05) is 17.7 Å². The summed E-state index contributed by atoms with van der Waals surface area (Å²) in [6.07, 6.45) is 0.554. The first-order valence-corrected chi connectivity index (χ1v) is 8.91. The summed E-state index contributed by atoms with van der Waals surface area (Å²) in [5, 5.41) is 0. The largest absolute Gasteiger partial charge is 0.493 e. The number of nitrogens with zero attached hydrogens (tertiary/aromatic N) is 1. The summed E-state index contributed by atoms with van der Waals surface area (Å²) in [6, 6.07) is 8.40. The monoisotopic (exact) mass is 397 g/mol. The van der Waals surface area contributed by atoms with Crippen molar-refractivity contribution in [3.8, 4) is 23.3 Å². The maximum Gasteiger partial charge on any atom is 0.328 e. The fourth-order valence-electron chi connectivity index (χ4n) is 3.06. The van der Waals surface area contributed by atoms with E-state index in [1.54, 1.807) is 24.3 Å². The normalized spacial score (nSPS) is 14.9. The average molecular weight is 397 g/mol. The molecule has 0 aromatic heterocycles. The number of esters is 1. The molecule has 1 heterocycles. The van der Waals surface area contributed by atoms with Gasteiger partial charge in [0.25, 0.3) is 5.91 Å². The molecule has 0 radical (unpaired) electrons. The number of amides is 1. The minimum atomic E-state index is -0.595. The van der Waals surface area contributed by atoms with Gasteiger partial charge in [0.1, 0.15) is 11.9 Å². The standard InChI is InChI=1S/C22H20FNO5/c1-27-19-13-16(21(25)24-10-9-18(24)22(26)29-3)12-15(20(19)28-2)8-7-14-5-4-6-17(23)11-14/h4-6,11-13,18H,9-10H2,1-3H3/t18-/m1/s1. The molecule has 1 fully saturated rings. The van der Waals surface area contributed by atoms with Crippen LogP contribution in [0.2, 0.25) is 0 Å². The maximum atomic E-state index is 13.4. The zero-order valence-corrected chi connectivity index (χ0v) is 16.3. The van der Waals surface area contributed by atoms with E-state index >= 15 is 0 Å². The molecule has 29 heavy (non-hydrogen) atoms. The van der Waals surface area contributed by atoms with Crippen LogP contribution in [0.4, 0.5) is 4.39 Å². The van der Waals surface area contributed by atoms with Gasteiger partial charge in [-0.25, -0.2) is 9.18 Å². The van der Waals surface area contributed by atoms with Gasteiger partial charge in [-0.15, -0.1) is 0 Å². The molecule has 0 unspecified atom stereocenters. The zero-order valence-electron chi connectivity index (χ0n) is 16.3. The van der Waals surface area contributed by atoms with E-state index in [4.69, 9.17) is 14.2 Å². The van der Waals surface area contributed by atoms with Crippen LogP contribution in [-0.4, -0.2) is 50.7 Å². The highest BCUT2D eigenvalue weighted by Gasteiger charge is 2.39. The Morgan fingerprint density at radius 3 is 2.48 bits per heavy atom. The molecule has 150 valence electrons. The summed E-state index contributed by atoms with van der Waals surface area (Å²) in [5.41, 5.74) is 1.20. The highest BCUT2D eigenvalue weighted by molar-refractivity contribution is 5.98. The molecule has 1 amide bonds. The number of rotatable bonds is 4. The third kappa shape index (κ3) is 4.16. The SMILES string of the molecule is COC(=O)[C@H]1CCN1C(=O)c1cc(C#Cc2cccc(F)c2)c(OC)c(OC)c1. The quantitative estimate of drug-likeness (QED) is 0.586. The van der Waals surface area contributed by atoms with Crippen molar-refractivity contribution in [2.45, 2.75) is 12.5 Å². The fourth-order valence-corrected chi connectivity index (χ4v) is 3.06. The molecule has 1 aliphatic heterocycles. The number of carbonyl (C=O) groups excluding carboxylic acids is 2. The Morgan fingerprint density at radius 2 is 1.90 bits per heavy atom. The van der Waals surface area contributed by atoms with E-state index in [1.807, 2.05) is 0 Å². The molecule has 1 saturated heterocycles. The third-order valence-electron chi connectivity index (χ3n) is 4.65. The molecule has 2 aromatic rings. The van der Waals surface area contributed by atoms with Crippen molar-refractivity contribution in [2.24, 2.45) is 0 Å². The Morgan fingerprint density at radius 1 is 1.10 bits per heavy atom. The van der Waals surface area contributed by atoms with Gasteiger partial charge >= 0.3 is 5.97 Å². The van der Waals surface area contributed by atoms with Crippen LogP contribution >= 0.6 is 0 Å². The Hall–Kier alpha value is -3.53. The molecule has 6 nitrogen and oxygen atoms in total. The molecule has 0 N–H and O–H groups in total. The predicted octanol–water partition coefficient (Wildman–Crippen LogP) is 2.63. The van der Waals surface area contributed by atoms with E-state index in [1.165, 1.54) is 38.4 Å². The Kier molecular flexibility index (Phi) is 6.03. The first-order valence-electron chi connectivity index (χ1n) is 8.91. The first kappa shape index (κ1) is 20.2. The summed E-state index contributed by atoms with van der Waals surface area (Å²) < 4.78 is 28.9. The minimum absolute atomic E-state index is 0.305. The summed E-state index contributed by atoms with van der Waals surface area (Å²) in [5.74, 6) is 5.30. The molecule has 0 saturated carbocycles. The molecular weight excluding hydrogens is 377 g/mol. The van der Waals surface area contributed by atoms with E-state index in [-0.39, 0.29) is 5.91 Å². The number of benzene rings is 2. The summed E-state index contributed by atoms with van der Waals surface area (Å²) in [4.78, 5) is 26.2. The first-order chi connectivity index (χ1) is 14.0.